The van der Waals surface area contributed by atoms with E-state index in [2.05, 4.69) is 13.8 Å². The second kappa shape index (κ2) is 8.41. The van der Waals surface area contributed by atoms with Gasteiger partial charge in [0.2, 0.25) is 0 Å². The van der Waals surface area contributed by atoms with E-state index >= 15 is 0 Å². The zero-order chi connectivity index (χ0) is 22.6. The molecule has 0 spiro atoms. The average Bonchev–Trinajstić information content (AvgIpc) is 3.10. The van der Waals surface area contributed by atoms with Crippen LogP contribution in [0.4, 0.5) is 0 Å². The van der Waals surface area contributed by atoms with E-state index in [0.29, 0.717) is 23.4 Å². The fourth-order valence-electron chi connectivity index (χ4n) is 8.95. The van der Waals surface area contributed by atoms with Gasteiger partial charge in [0.1, 0.15) is 0 Å². The van der Waals surface area contributed by atoms with Crippen LogP contribution >= 0.6 is 0 Å². The molecule has 4 aliphatic rings. The Kier molecular flexibility index (Phi) is 6.02. The Hall–Kier alpha value is -0.870. The number of hydrogen-bond acceptors (Lipinski definition) is 3. The molecule has 7 atom stereocenters. The Labute approximate surface area is 195 Å². The lowest BCUT2D eigenvalue weighted by Gasteiger charge is -2.60. The van der Waals surface area contributed by atoms with Gasteiger partial charge in [-0.3, -0.25) is 4.18 Å². The maximum atomic E-state index is 12.6. The molecule has 3 nitrogen and oxygen atoms in total. The summed E-state index contributed by atoms with van der Waals surface area (Å²) in [6.07, 6.45) is 14.9. The molecule has 178 valence electrons. The van der Waals surface area contributed by atoms with Crippen molar-refractivity contribution in [3.63, 3.8) is 0 Å². The Bertz CT molecular complexity index is 923. The third-order valence-corrected chi connectivity index (χ3v) is 12.1. The Balaban J connectivity index is 1.24. The van der Waals surface area contributed by atoms with E-state index in [9.17, 15) is 8.42 Å². The van der Waals surface area contributed by atoms with Gasteiger partial charge in [0, 0.05) is 0 Å². The lowest BCUT2D eigenvalue weighted by molar-refractivity contribution is -0.111. The van der Waals surface area contributed by atoms with Crippen LogP contribution in [0.2, 0.25) is 0 Å². The van der Waals surface area contributed by atoms with Gasteiger partial charge in [0.25, 0.3) is 10.1 Å². The van der Waals surface area contributed by atoms with E-state index in [1.165, 1.54) is 64.2 Å². The fraction of sp³-hybridized carbons (Fsp3) is 0.786. The summed E-state index contributed by atoms with van der Waals surface area (Å²) < 4.78 is 30.7. The van der Waals surface area contributed by atoms with Crippen molar-refractivity contribution in [1.82, 2.24) is 0 Å². The minimum absolute atomic E-state index is 0.275. The normalized spacial score (nSPS) is 41.5. The first kappa shape index (κ1) is 22.9. The molecule has 1 unspecified atom stereocenters. The Morgan fingerprint density at radius 1 is 0.875 bits per heavy atom. The van der Waals surface area contributed by atoms with Gasteiger partial charge >= 0.3 is 0 Å². The van der Waals surface area contributed by atoms with Crippen molar-refractivity contribution in [3.05, 3.63) is 29.8 Å². The largest absolute Gasteiger partial charge is 0.296 e. The Morgan fingerprint density at radius 3 is 2.41 bits per heavy atom. The van der Waals surface area contributed by atoms with Gasteiger partial charge in [-0.25, -0.2) is 0 Å². The third kappa shape index (κ3) is 3.78. The van der Waals surface area contributed by atoms with Crippen molar-refractivity contribution in [2.75, 3.05) is 6.61 Å². The zero-order valence-electron chi connectivity index (χ0n) is 20.3. The summed E-state index contributed by atoms with van der Waals surface area (Å²) in [5, 5.41) is 0. The maximum absolute atomic E-state index is 12.6. The number of benzene rings is 1. The van der Waals surface area contributed by atoms with Crippen LogP contribution in [0.5, 0.6) is 0 Å². The predicted octanol–water partition coefficient (Wildman–Crippen LogP) is 7.14. The van der Waals surface area contributed by atoms with Gasteiger partial charge in [-0.1, -0.05) is 44.4 Å². The molecule has 1 aromatic rings. The van der Waals surface area contributed by atoms with Crippen LogP contribution in [-0.2, 0) is 14.3 Å². The summed E-state index contributed by atoms with van der Waals surface area (Å²) in [4.78, 5) is 0.275. The molecule has 32 heavy (non-hydrogen) atoms. The fourth-order valence-corrected chi connectivity index (χ4v) is 9.87. The summed E-state index contributed by atoms with van der Waals surface area (Å²) in [6.45, 7) is 7.46. The van der Waals surface area contributed by atoms with Crippen molar-refractivity contribution in [2.24, 2.45) is 40.4 Å². The molecule has 0 N–H and O–H groups in total. The van der Waals surface area contributed by atoms with Crippen LogP contribution in [-0.4, -0.2) is 15.0 Å². The van der Waals surface area contributed by atoms with Crippen molar-refractivity contribution < 1.29 is 12.6 Å². The first-order valence-corrected chi connectivity index (χ1v) is 14.6. The molecule has 4 saturated carbocycles. The Morgan fingerprint density at radius 2 is 1.62 bits per heavy atom. The van der Waals surface area contributed by atoms with Gasteiger partial charge in [-0.15, -0.1) is 0 Å². The molecule has 0 heterocycles. The summed E-state index contributed by atoms with van der Waals surface area (Å²) >= 11 is 0. The lowest BCUT2D eigenvalue weighted by Crippen LogP contribution is -2.52. The molecule has 4 fully saturated rings. The van der Waals surface area contributed by atoms with Gasteiger partial charge < -0.3 is 0 Å². The average molecular weight is 459 g/mol. The molecule has 0 saturated heterocycles. The van der Waals surface area contributed by atoms with Crippen LogP contribution in [0.3, 0.4) is 0 Å². The van der Waals surface area contributed by atoms with E-state index in [1.807, 2.05) is 19.1 Å². The summed E-state index contributed by atoms with van der Waals surface area (Å²) in [6, 6.07) is 6.97. The highest BCUT2D eigenvalue weighted by Gasteiger charge is 2.59. The minimum Gasteiger partial charge on any atom is -0.266 e. The lowest BCUT2D eigenvalue weighted by atomic mass is 9.45. The van der Waals surface area contributed by atoms with E-state index in [-0.39, 0.29) is 4.90 Å². The molecule has 4 heteroatoms. The smallest absolute Gasteiger partial charge is 0.266 e. The van der Waals surface area contributed by atoms with Crippen LogP contribution in [0.25, 0.3) is 0 Å². The van der Waals surface area contributed by atoms with E-state index in [0.717, 1.165) is 35.7 Å². The van der Waals surface area contributed by atoms with Crippen LogP contribution in [0.1, 0.15) is 90.0 Å². The molecular weight excluding hydrogens is 416 g/mol. The highest BCUT2D eigenvalue weighted by atomic mass is 32.2. The van der Waals surface area contributed by atoms with E-state index in [1.54, 1.807) is 12.1 Å². The summed E-state index contributed by atoms with van der Waals surface area (Å²) in [5.41, 5.74) is 2.02. The minimum atomic E-state index is -3.66. The van der Waals surface area contributed by atoms with Gasteiger partial charge in [-0.05, 0) is 117 Å². The highest BCUT2D eigenvalue weighted by Crippen LogP contribution is 2.67. The van der Waals surface area contributed by atoms with Crippen molar-refractivity contribution in [2.45, 2.75) is 96.3 Å². The highest BCUT2D eigenvalue weighted by molar-refractivity contribution is 7.86. The topological polar surface area (TPSA) is 43.4 Å². The quantitative estimate of drug-likeness (QED) is 0.440. The SMILES string of the molecule is Cc1ccc(S(=O)(=O)OCC[C@H]2CC[C@H]3[C@@H]4CCC5CCCC[C@]5(C)[C@H]4CC[C@]23C)cc1. The monoisotopic (exact) mass is 458 g/mol. The first-order valence-electron chi connectivity index (χ1n) is 13.2. The number of aryl methyl sites for hydroxylation is 1. The van der Waals surface area contributed by atoms with E-state index < -0.39 is 10.1 Å². The van der Waals surface area contributed by atoms with E-state index in [4.69, 9.17) is 4.18 Å². The molecule has 0 amide bonds. The number of fused-ring (bicyclic) bond motifs is 5. The van der Waals surface area contributed by atoms with Crippen LogP contribution < -0.4 is 0 Å². The van der Waals surface area contributed by atoms with Crippen molar-refractivity contribution in [1.29, 1.82) is 0 Å². The summed E-state index contributed by atoms with van der Waals surface area (Å²) in [7, 11) is -3.66. The molecule has 4 aliphatic carbocycles. The molecule has 0 aliphatic heterocycles. The van der Waals surface area contributed by atoms with Crippen molar-refractivity contribution in [3.8, 4) is 0 Å². The predicted molar refractivity (Wildman–Crippen MR) is 129 cm³/mol. The van der Waals surface area contributed by atoms with Crippen molar-refractivity contribution >= 4 is 10.1 Å². The third-order valence-electron chi connectivity index (χ3n) is 10.8. The summed E-state index contributed by atoms with van der Waals surface area (Å²) in [5.74, 6) is 4.23. The first-order chi connectivity index (χ1) is 15.2. The van der Waals surface area contributed by atoms with Gasteiger partial charge in [-0.2, -0.15) is 8.42 Å². The molecule has 5 rings (SSSR count). The molecular formula is C28H42O3S. The second-order valence-corrected chi connectivity index (χ2v) is 13.7. The standard InChI is InChI=1S/C28H42O3S/c1-20-7-11-23(12-8-20)32(29,30)31-19-16-22-10-14-25-24-13-9-21-6-4-5-17-27(21,2)26(24)15-18-28(22,25)3/h7-8,11-12,21-22,24-26H,4-6,9-10,13-19H2,1-3H3/t21?,22-,24+,25+,26+,27+,28-/m1/s1. The molecule has 0 radical (unpaired) electrons. The zero-order valence-corrected chi connectivity index (χ0v) is 21.1. The molecule has 0 bridgehead atoms. The van der Waals surface area contributed by atoms with Crippen LogP contribution in [0.15, 0.2) is 29.2 Å². The molecule has 0 aromatic heterocycles. The van der Waals surface area contributed by atoms with Gasteiger partial charge in [0.05, 0.1) is 11.5 Å². The maximum Gasteiger partial charge on any atom is 0.296 e. The number of rotatable bonds is 5. The molecule has 1 aromatic carbocycles. The second-order valence-electron chi connectivity index (χ2n) is 12.1. The van der Waals surface area contributed by atoms with Gasteiger partial charge in [0.15, 0.2) is 0 Å². The van der Waals surface area contributed by atoms with Crippen LogP contribution in [0, 0.1) is 47.3 Å². The number of hydrogen-bond donors (Lipinski definition) is 0.